The summed E-state index contributed by atoms with van der Waals surface area (Å²) in [6.07, 6.45) is 23.2. The zero-order valence-electron chi connectivity index (χ0n) is 32.4. The molecule has 2 heteroatoms. The van der Waals surface area contributed by atoms with Gasteiger partial charge in [-0.2, -0.15) is 0 Å². The van der Waals surface area contributed by atoms with Crippen molar-refractivity contribution in [2.24, 2.45) is 0 Å². The van der Waals surface area contributed by atoms with Crippen LogP contribution in [0.5, 0.6) is 11.5 Å². The van der Waals surface area contributed by atoms with Gasteiger partial charge in [-0.1, -0.05) is 169 Å². The average molecular weight is 727 g/mol. The number of hydrogen-bond acceptors (Lipinski definition) is 2. The highest BCUT2D eigenvalue weighted by Gasteiger charge is 2.36. The maximum atomic E-state index is 5.38. The van der Waals surface area contributed by atoms with E-state index in [0.29, 0.717) is 0 Å². The van der Waals surface area contributed by atoms with Gasteiger partial charge >= 0.3 is 0 Å². The first-order valence-corrected chi connectivity index (χ1v) is 19.6. The van der Waals surface area contributed by atoms with Crippen molar-refractivity contribution in [3.8, 4) is 33.8 Å². The van der Waals surface area contributed by atoms with Crippen LogP contribution in [0.3, 0.4) is 0 Å². The third-order valence-corrected chi connectivity index (χ3v) is 12.0. The molecule has 0 radical (unpaired) electrons. The zero-order chi connectivity index (χ0) is 38.2. The molecule has 4 atom stereocenters. The molecule has 0 fully saturated rings. The van der Waals surface area contributed by atoms with Crippen molar-refractivity contribution >= 4 is 0 Å². The smallest absolute Gasteiger partial charge is 0.118 e. The molecule has 5 aromatic rings. The van der Waals surface area contributed by atoms with Crippen molar-refractivity contribution < 1.29 is 9.47 Å². The van der Waals surface area contributed by atoms with E-state index in [1.807, 2.05) is 24.3 Å². The number of allylic oxidation sites excluding steroid dienone is 16. The van der Waals surface area contributed by atoms with Crippen LogP contribution in [-0.4, -0.2) is 14.2 Å². The summed E-state index contributed by atoms with van der Waals surface area (Å²) < 4.78 is 10.8. The van der Waals surface area contributed by atoms with E-state index < -0.39 is 0 Å². The van der Waals surface area contributed by atoms with E-state index in [1.165, 1.54) is 77.9 Å². The Balaban J connectivity index is 1.04. The van der Waals surface area contributed by atoms with Gasteiger partial charge in [0.1, 0.15) is 11.5 Å². The van der Waals surface area contributed by atoms with Crippen LogP contribution in [0.15, 0.2) is 216 Å². The Morgan fingerprint density at radius 3 is 1.11 bits per heavy atom. The van der Waals surface area contributed by atoms with Crippen LogP contribution in [0.1, 0.15) is 59.8 Å². The lowest BCUT2D eigenvalue weighted by atomic mass is 9.77. The minimum Gasteiger partial charge on any atom is -0.497 e. The van der Waals surface area contributed by atoms with Crippen LogP contribution in [0.2, 0.25) is 0 Å². The maximum absolute atomic E-state index is 5.38. The number of rotatable bonds is 8. The summed E-state index contributed by atoms with van der Waals surface area (Å²) in [5.41, 5.74) is 18.5. The molecular weight excluding hydrogens is 681 g/mol. The molecule has 0 aromatic heterocycles. The highest BCUT2D eigenvalue weighted by Crippen LogP contribution is 2.52. The van der Waals surface area contributed by atoms with Gasteiger partial charge in [0.25, 0.3) is 0 Å². The monoisotopic (exact) mass is 726 g/mol. The van der Waals surface area contributed by atoms with Crippen LogP contribution in [0, 0.1) is 0 Å². The molecule has 0 amide bonds. The van der Waals surface area contributed by atoms with Gasteiger partial charge in [-0.25, -0.2) is 0 Å². The fourth-order valence-corrected chi connectivity index (χ4v) is 9.22. The van der Waals surface area contributed by atoms with Crippen LogP contribution in [0.25, 0.3) is 22.3 Å². The predicted molar refractivity (Wildman–Crippen MR) is 232 cm³/mol. The van der Waals surface area contributed by atoms with Gasteiger partial charge in [0.05, 0.1) is 14.2 Å². The van der Waals surface area contributed by atoms with Gasteiger partial charge in [-0.05, 0) is 105 Å². The normalized spacial score (nSPS) is 21.0. The van der Waals surface area contributed by atoms with Gasteiger partial charge in [0, 0.05) is 23.7 Å². The van der Waals surface area contributed by atoms with Gasteiger partial charge in [-0.15, -0.1) is 0 Å². The first-order chi connectivity index (χ1) is 27.5. The van der Waals surface area contributed by atoms with Crippen LogP contribution >= 0.6 is 0 Å². The Kier molecular flexibility index (Phi) is 9.49. The standard InChI is InChI=1S/C54H46O2/c1-35-33-51-45(41-21-17-37(18-22-41)39-25-29-43(55-3)30-26-39)11-5-7-15-49(51)53(35)47-13-9-10-14-48(47)54-36(2)34-52-46(12-6-8-16-50(52)54)42-23-19-38(20-24-42)40-27-31-44(56-4)32-28-40/h5-34,45-46,53-54H,1-4H3. The molecule has 0 aliphatic heterocycles. The molecule has 0 saturated carbocycles. The zero-order valence-corrected chi connectivity index (χ0v) is 32.4. The van der Waals surface area contributed by atoms with Crippen LogP contribution in [0.4, 0.5) is 0 Å². The lowest BCUT2D eigenvalue weighted by Crippen LogP contribution is -2.10. The van der Waals surface area contributed by atoms with E-state index in [1.54, 1.807) is 14.2 Å². The quantitative estimate of drug-likeness (QED) is 0.158. The molecule has 0 saturated heterocycles. The third-order valence-electron chi connectivity index (χ3n) is 12.0. The summed E-state index contributed by atoms with van der Waals surface area (Å²) in [6.45, 7) is 4.64. The Morgan fingerprint density at radius 1 is 0.393 bits per heavy atom. The highest BCUT2D eigenvalue weighted by molar-refractivity contribution is 5.69. The first kappa shape index (κ1) is 35.3. The second-order valence-corrected chi connectivity index (χ2v) is 15.2. The fraction of sp³-hybridized carbons (Fsp3) is 0.148. The molecule has 274 valence electrons. The second-order valence-electron chi connectivity index (χ2n) is 15.2. The summed E-state index contributed by atoms with van der Waals surface area (Å²) >= 11 is 0. The number of benzene rings is 5. The van der Waals surface area contributed by atoms with Crippen molar-refractivity contribution in [2.45, 2.75) is 37.5 Å². The molecule has 0 heterocycles. The van der Waals surface area contributed by atoms with Crippen LogP contribution in [-0.2, 0) is 0 Å². The Hall–Kier alpha value is -6.38. The minimum absolute atomic E-state index is 0.173. The van der Waals surface area contributed by atoms with E-state index in [-0.39, 0.29) is 23.7 Å². The van der Waals surface area contributed by atoms with E-state index in [4.69, 9.17) is 9.47 Å². The molecule has 56 heavy (non-hydrogen) atoms. The van der Waals surface area contributed by atoms with E-state index in [0.717, 1.165) is 11.5 Å². The van der Waals surface area contributed by atoms with E-state index >= 15 is 0 Å². The molecule has 2 nitrogen and oxygen atoms in total. The lowest BCUT2D eigenvalue weighted by molar-refractivity contribution is 0.415. The minimum atomic E-state index is 0.173. The van der Waals surface area contributed by atoms with Crippen molar-refractivity contribution in [2.75, 3.05) is 14.2 Å². The van der Waals surface area contributed by atoms with Crippen molar-refractivity contribution in [1.82, 2.24) is 0 Å². The Labute approximate surface area is 331 Å². The first-order valence-electron chi connectivity index (χ1n) is 19.6. The second kappa shape index (κ2) is 15.0. The summed E-state index contributed by atoms with van der Waals surface area (Å²) in [7, 11) is 3.41. The molecule has 9 rings (SSSR count). The molecular formula is C54H46O2. The van der Waals surface area contributed by atoms with Gasteiger partial charge < -0.3 is 9.47 Å². The molecule has 0 N–H and O–H groups in total. The molecule has 4 aliphatic carbocycles. The molecule has 4 unspecified atom stereocenters. The van der Waals surface area contributed by atoms with Gasteiger partial charge in [0.2, 0.25) is 0 Å². The summed E-state index contributed by atoms with van der Waals surface area (Å²) in [5, 5.41) is 0. The van der Waals surface area contributed by atoms with Gasteiger partial charge in [-0.3, -0.25) is 0 Å². The predicted octanol–water partition coefficient (Wildman–Crippen LogP) is 13.5. The maximum Gasteiger partial charge on any atom is 0.118 e. The lowest BCUT2D eigenvalue weighted by Gasteiger charge is -2.26. The van der Waals surface area contributed by atoms with Gasteiger partial charge in [0.15, 0.2) is 0 Å². The average Bonchev–Trinajstić information content (AvgIpc) is 3.55. The molecule has 0 bridgehead atoms. The topological polar surface area (TPSA) is 18.5 Å². The summed E-state index contributed by atoms with van der Waals surface area (Å²) in [5.74, 6) is 2.46. The van der Waals surface area contributed by atoms with Crippen molar-refractivity contribution in [3.05, 3.63) is 238 Å². The largest absolute Gasteiger partial charge is 0.497 e. The fourth-order valence-electron chi connectivity index (χ4n) is 9.22. The number of ether oxygens (including phenoxy) is 2. The highest BCUT2D eigenvalue weighted by atomic mass is 16.5. The third kappa shape index (κ3) is 6.46. The van der Waals surface area contributed by atoms with E-state index in [9.17, 15) is 0 Å². The molecule has 0 spiro atoms. The summed E-state index contributed by atoms with van der Waals surface area (Å²) in [6, 6.07) is 44.0. The molecule has 4 aliphatic rings. The number of methoxy groups -OCH3 is 2. The van der Waals surface area contributed by atoms with Crippen LogP contribution < -0.4 is 9.47 Å². The summed E-state index contributed by atoms with van der Waals surface area (Å²) in [4.78, 5) is 0. The number of hydrogen-bond donors (Lipinski definition) is 0. The SMILES string of the molecule is COc1ccc(-c2ccc(C3C=CC=CC4=C3C=C(C)C4c3ccccc3C3C(C)=CC4=C3C=CC=CC4c3ccc(-c4ccc(OC)cc4)cc3)cc2)cc1. The Bertz CT molecular complexity index is 2350. The molecule has 5 aromatic carbocycles. The van der Waals surface area contributed by atoms with Crippen molar-refractivity contribution in [3.63, 3.8) is 0 Å². The van der Waals surface area contributed by atoms with Crippen molar-refractivity contribution in [1.29, 1.82) is 0 Å². The van der Waals surface area contributed by atoms with E-state index in [2.05, 4.69) is 172 Å². The Morgan fingerprint density at radius 2 is 0.750 bits per heavy atom.